The molecule has 6 nitrogen and oxygen atoms in total. The Kier molecular flexibility index (Phi) is 4.10. The van der Waals surface area contributed by atoms with Gasteiger partial charge in [-0.15, -0.1) is 5.10 Å². The van der Waals surface area contributed by atoms with Crippen molar-refractivity contribution in [2.75, 3.05) is 12.4 Å². The summed E-state index contributed by atoms with van der Waals surface area (Å²) in [4.78, 5) is 15.8. The van der Waals surface area contributed by atoms with Gasteiger partial charge in [0.25, 0.3) is 0 Å². The van der Waals surface area contributed by atoms with Gasteiger partial charge in [-0.1, -0.05) is 23.9 Å². The maximum atomic E-state index is 11.3. The summed E-state index contributed by atoms with van der Waals surface area (Å²) in [6, 6.07) is 7.95. The highest BCUT2D eigenvalue weighted by molar-refractivity contribution is 7.99. The number of aromatic amines is 1. The van der Waals surface area contributed by atoms with E-state index in [1.807, 2.05) is 35.6 Å². The summed E-state index contributed by atoms with van der Waals surface area (Å²) in [6.45, 7) is 2.25. The highest BCUT2D eigenvalue weighted by Gasteiger charge is 2.11. The molecule has 3 rings (SSSR count). The van der Waals surface area contributed by atoms with Crippen molar-refractivity contribution in [3.63, 3.8) is 0 Å². The third kappa shape index (κ3) is 2.87. The molecule has 0 atom stereocenters. The van der Waals surface area contributed by atoms with Crippen molar-refractivity contribution in [2.45, 2.75) is 24.9 Å². The fraction of sp³-hybridized carbons (Fsp3) is 0.357. The SMILES string of the molecule is CCOC(=O)CCCSc1n[nH]c2nc3ccccc3n12. The molecule has 110 valence electrons. The van der Waals surface area contributed by atoms with Crippen LogP contribution in [0.2, 0.25) is 0 Å². The molecule has 0 fully saturated rings. The zero-order valence-electron chi connectivity index (χ0n) is 11.7. The van der Waals surface area contributed by atoms with Gasteiger partial charge in [0.15, 0.2) is 5.16 Å². The van der Waals surface area contributed by atoms with Crippen LogP contribution in [0.3, 0.4) is 0 Å². The third-order valence-corrected chi connectivity index (χ3v) is 4.09. The zero-order chi connectivity index (χ0) is 14.7. The molecule has 0 bridgehead atoms. The van der Waals surface area contributed by atoms with Crippen molar-refractivity contribution >= 4 is 34.5 Å². The van der Waals surface area contributed by atoms with Gasteiger partial charge in [0, 0.05) is 12.2 Å². The number of hydrogen-bond donors (Lipinski definition) is 1. The number of esters is 1. The first-order valence-corrected chi connectivity index (χ1v) is 7.88. The van der Waals surface area contributed by atoms with Crippen LogP contribution >= 0.6 is 11.8 Å². The number of imidazole rings is 1. The van der Waals surface area contributed by atoms with Crippen LogP contribution in [0.5, 0.6) is 0 Å². The number of para-hydroxylation sites is 2. The molecule has 0 amide bonds. The Bertz CT molecular complexity index is 765. The summed E-state index contributed by atoms with van der Waals surface area (Å²) < 4.78 is 6.91. The molecular formula is C14H16N4O2S. The number of nitrogens with zero attached hydrogens (tertiary/aromatic N) is 3. The monoisotopic (exact) mass is 304 g/mol. The lowest BCUT2D eigenvalue weighted by molar-refractivity contribution is -0.143. The van der Waals surface area contributed by atoms with Crippen LogP contribution < -0.4 is 0 Å². The second-order valence-corrected chi connectivity index (χ2v) is 5.58. The molecule has 21 heavy (non-hydrogen) atoms. The van der Waals surface area contributed by atoms with Crippen LogP contribution in [-0.2, 0) is 9.53 Å². The van der Waals surface area contributed by atoms with Crippen LogP contribution in [0.15, 0.2) is 29.4 Å². The van der Waals surface area contributed by atoms with E-state index in [0.717, 1.165) is 34.1 Å². The van der Waals surface area contributed by atoms with E-state index in [4.69, 9.17) is 4.74 Å². The quantitative estimate of drug-likeness (QED) is 0.430. The van der Waals surface area contributed by atoms with Crippen LogP contribution in [-0.4, -0.2) is 37.9 Å². The lowest BCUT2D eigenvalue weighted by atomic mass is 10.3. The minimum Gasteiger partial charge on any atom is -0.466 e. The molecule has 0 aliphatic carbocycles. The van der Waals surface area contributed by atoms with Gasteiger partial charge in [0.05, 0.1) is 17.6 Å². The Morgan fingerprint density at radius 2 is 2.29 bits per heavy atom. The lowest BCUT2D eigenvalue weighted by Gasteiger charge is -2.01. The average molecular weight is 304 g/mol. The number of H-pyrrole nitrogens is 1. The van der Waals surface area contributed by atoms with Crippen molar-refractivity contribution in [3.05, 3.63) is 24.3 Å². The minimum absolute atomic E-state index is 0.140. The Labute approximate surface area is 125 Å². The van der Waals surface area contributed by atoms with Gasteiger partial charge in [-0.05, 0) is 25.5 Å². The number of hydrogen-bond acceptors (Lipinski definition) is 5. The number of thioether (sulfide) groups is 1. The van der Waals surface area contributed by atoms with Gasteiger partial charge in [0.1, 0.15) is 0 Å². The van der Waals surface area contributed by atoms with E-state index in [-0.39, 0.29) is 5.97 Å². The molecule has 2 heterocycles. The minimum atomic E-state index is -0.140. The molecule has 0 spiro atoms. The van der Waals surface area contributed by atoms with E-state index in [2.05, 4.69) is 15.2 Å². The normalized spacial score (nSPS) is 11.3. The predicted molar refractivity (Wildman–Crippen MR) is 81.4 cm³/mol. The number of carbonyl (C=O) groups excluding carboxylic acids is 1. The molecule has 2 aromatic heterocycles. The molecule has 7 heteroatoms. The first-order valence-electron chi connectivity index (χ1n) is 6.89. The number of nitrogens with one attached hydrogen (secondary N) is 1. The van der Waals surface area contributed by atoms with Gasteiger partial charge in [-0.25, -0.2) is 10.1 Å². The zero-order valence-corrected chi connectivity index (χ0v) is 12.5. The van der Waals surface area contributed by atoms with Crippen molar-refractivity contribution in [3.8, 4) is 0 Å². The number of benzene rings is 1. The van der Waals surface area contributed by atoms with E-state index < -0.39 is 0 Å². The molecule has 1 N–H and O–H groups in total. The molecule has 0 aliphatic heterocycles. The third-order valence-electron chi connectivity index (χ3n) is 3.07. The number of ether oxygens (including phenoxy) is 1. The Hall–Kier alpha value is -2.02. The molecule has 0 radical (unpaired) electrons. The summed E-state index contributed by atoms with van der Waals surface area (Å²) in [6.07, 6.45) is 1.21. The van der Waals surface area contributed by atoms with Crippen molar-refractivity contribution < 1.29 is 9.53 Å². The van der Waals surface area contributed by atoms with Gasteiger partial charge in [0.2, 0.25) is 5.78 Å². The molecule has 3 aromatic rings. The number of rotatable bonds is 6. The van der Waals surface area contributed by atoms with E-state index >= 15 is 0 Å². The van der Waals surface area contributed by atoms with Gasteiger partial charge in [-0.2, -0.15) is 0 Å². The molecule has 0 saturated carbocycles. The maximum Gasteiger partial charge on any atom is 0.305 e. The number of aromatic nitrogens is 4. The summed E-state index contributed by atoms with van der Waals surface area (Å²) in [5, 5.41) is 8.08. The van der Waals surface area contributed by atoms with E-state index in [9.17, 15) is 4.79 Å². The fourth-order valence-corrected chi connectivity index (χ4v) is 3.05. The first-order chi connectivity index (χ1) is 10.3. The maximum absolute atomic E-state index is 11.3. The summed E-state index contributed by atoms with van der Waals surface area (Å²) in [5.41, 5.74) is 1.98. The van der Waals surface area contributed by atoms with Crippen molar-refractivity contribution in [2.24, 2.45) is 0 Å². The summed E-state index contributed by atoms with van der Waals surface area (Å²) in [7, 11) is 0. The molecule has 0 unspecified atom stereocenters. The van der Waals surface area contributed by atoms with E-state index in [1.165, 1.54) is 0 Å². The van der Waals surface area contributed by atoms with Gasteiger partial charge in [-0.3, -0.25) is 9.20 Å². The molecule has 1 aromatic carbocycles. The van der Waals surface area contributed by atoms with Crippen molar-refractivity contribution in [1.29, 1.82) is 0 Å². The average Bonchev–Trinajstić information content (AvgIpc) is 3.03. The van der Waals surface area contributed by atoms with Crippen LogP contribution in [0.4, 0.5) is 0 Å². The predicted octanol–water partition coefficient (Wildman–Crippen LogP) is 2.65. The highest BCUT2D eigenvalue weighted by Crippen LogP contribution is 2.23. The lowest BCUT2D eigenvalue weighted by Crippen LogP contribution is -2.03. The molecule has 0 aliphatic rings. The van der Waals surface area contributed by atoms with E-state index in [0.29, 0.717) is 13.0 Å². The largest absolute Gasteiger partial charge is 0.466 e. The smallest absolute Gasteiger partial charge is 0.305 e. The van der Waals surface area contributed by atoms with Crippen molar-refractivity contribution in [1.82, 2.24) is 19.6 Å². The van der Waals surface area contributed by atoms with Gasteiger partial charge >= 0.3 is 5.97 Å². The second kappa shape index (κ2) is 6.17. The van der Waals surface area contributed by atoms with E-state index in [1.54, 1.807) is 11.8 Å². The Morgan fingerprint density at radius 1 is 1.43 bits per heavy atom. The van der Waals surface area contributed by atoms with Gasteiger partial charge < -0.3 is 4.74 Å². The first kappa shape index (κ1) is 13.9. The summed E-state index contributed by atoms with van der Waals surface area (Å²) in [5.74, 6) is 1.41. The standard InChI is InChI=1S/C14H16N4O2S/c1-2-20-12(19)8-5-9-21-14-17-16-13-15-10-6-3-4-7-11(10)18(13)14/h3-4,6-7H,2,5,8-9H2,1H3,(H,15,16). The van der Waals surface area contributed by atoms with Crippen LogP contribution in [0.1, 0.15) is 19.8 Å². The highest BCUT2D eigenvalue weighted by atomic mass is 32.2. The topological polar surface area (TPSA) is 72.3 Å². The molecule has 0 saturated heterocycles. The van der Waals surface area contributed by atoms with Crippen LogP contribution in [0.25, 0.3) is 16.8 Å². The number of carbonyl (C=O) groups is 1. The number of fused-ring (bicyclic) bond motifs is 3. The Balaban J connectivity index is 1.68. The fourth-order valence-electron chi connectivity index (χ4n) is 2.15. The molecular weight excluding hydrogens is 288 g/mol. The second-order valence-electron chi connectivity index (χ2n) is 4.52. The van der Waals surface area contributed by atoms with Crippen LogP contribution in [0, 0.1) is 0 Å². The summed E-state index contributed by atoms with van der Waals surface area (Å²) >= 11 is 1.61. The Morgan fingerprint density at radius 3 is 3.14 bits per heavy atom.